The number of carbonyl (C=O) groups is 2. The van der Waals surface area contributed by atoms with E-state index in [-0.39, 0.29) is 18.4 Å². The van der Waals surface area contributed by atoms with E-state index in [1.807, 2.05) is 24.4 Å². The van der Waals surface area contributed by atoms with Crippen molar-refractivity contribution in [2.45, 2.75) is 38.6 Å². The number of amides is 1. The molecule has 2 atom stereocenters. The molecule has 122 valence electrons. The Morgan fingerprint density at radius 3 is 2.96 bits per heavy atom. The van der Waals surface area contributed by atoms with Gasteiger partial charge in [0.25, 0.3) is 0 Å². The summed E-state index contributed by atoms with van der Waals surface area (Å²) in [4.78, 5) is 30.1. The summed E-state index contributed by atoms with van der Waals surface area (Å²) in [5.41, 5.74) is 0.874. The highest BCUT2D eigenvalue weighted by molar-refractivity contribution is 7.15. The molecule has 1 aliphatic rings. The molecule has 1 fully saturated rings. The van der Waals surface area contributed by atoms with E-state index in [0.29, 0.717) is 6.42 Å². The molecule has 0 aliphatic heterocycles. The Bertz CT molecular complexity index is 709. The van der Waals surface area contributed by atoms with Crippen molar-refractivity contribution in [2.75, 3.05) is 0 Å². The lowest BCUT2D eigenvalue weighted by Gasteiger charge is -2.17. The quantitative estimate of drug-likeness (QED) is 0.868. The second-order valence-electron chi connectivity index (χ2n) is 5.71. The van der Waals surface area contributed by atoms with E-state index in [2.05, 4.69) is 10.3 Å². The Morgan fingerprint density at radius 1 is 1.43 bits per heavy atom. The molecule has 0 unspecified atom stereocenters. The van der Waals surface area contributed by atoms with Gasteiger partial charge in [-0.3, -0.25) is 9.59 Å². The molecule has 0 aromatic carbocycles. The van der Waals surface area contributed by atoms with Crippen molar-refractivity contribution in [3.05, 3.63) is 27.4 Å². The van der Waals surface area contributed by atoms with Crippen LogP contribution in [0.25, 0.3) is 10.6 Å². The van der Waals surface area contributed by atoms with Gasteiger partial charge in [-0.05, 0) is 31.2 Å². The Morgan fingerprint density at radius 2 is 2.26 bits per heavy atom. The molecule has 23 heavy (non-hydrogen) atoms. The summed E-state index contributed by atoms with van der Waals surface area (Å²) < 4.78 is 0. The Hall–Kier alpha value is -1.73. The summed E-state index contributed by atoms with van der Waals surface area (Å²) in [6, 6.07) is 3.71. The standard InChI is InChI=1S/C16H18N2O3S2/c1-9-17-15(12-6-3-7-22-12)13(23-9)8-14(19)18-11-5-2-4-10(11)16(20)21/h3,6-7,10-11H,2,4-5,8H2,1H3,(H,18,19)(H,20,21)/t10-,11+/m0/s1. The van der Waals surface area contributed by atoms with Crippen molar-refractivity contribution in [1.29, 1.82) is 0 Å². The number of nitrogens with zero attached hydrogens (tertiary/aromatic N) is 1. The first-order chi connectivity index (χ1) is 11.0. The van der Waals surface area contributed by atoms with E-state index >= 15 is 0 Å². The normalized spacial score (nSPS) is 20.6. The van der Waals surface area contributed by atoms with Crippen molar-refractivity contribution < 1.29 is 14.7 Å². The lowest BCUT2D eigenvalue weighted by atomic mass is 10.0. The fourth-order valence-electron chi connectivity index (χ4n) is 3.03. The highest BCUT2D eigenvalue weighted by Gasteiger charge is 2.34. The minimum Gasteiger partial charge on any atom is -0.481 e. The van der Waals surface area contributed by atoms with Crippen LogP contribution in [0.3, 0.4) is 0 Å². The van der Waals surface area contributed by atoms with Crippen LogP contribution in [0.1, 0.15) is 29.1 Å². The van der Waals surface area contributed by atoms with Crippen LogP contribution in [0.5, 0.6) is 0 Å². The van der Waals surface area contributed by atoms with Crippen molar-refractivity contribution >= 4 is 34.6 Å². The average Bonchev–Trinajstić information content (AvgIpc) is 3.19. The fraction of sp³-hybridized carbons (Fsp3) is 0.438. The van der Waals surface area contributed by atoms with Gasteiger partial charge < -0.3 is 10.4 Å². The minimum atomic E-state index is -0.819. The van der Waals surface area contributed by atoms with E-state index in [4.69, 9.17) is 0 Å². The van der Waals surface area contributed by atoms with Gasteiger partial charge in [0, 0.05) is 10.9 Å². The van der Waals surface area contributed by atoms with Crippen molar-refractivity contribution in [1.82, 2.24) is 10.3 Å². The van der Waals surface area contributed by atoms with Gasteiger partial charge in [0.05, 0.1) is 27.9 Å². The summed E-state index contributed by atoms with van der Waals surface area (Å²) in [7, 11) is 0. The minimum absolute atomic E-state index is 0.121. The maximum atomic E-state index is 12.3. The number of rotatable bonds is 5. The Labute approximate surface area is 142 Å². The molecule has 0 radical (unpaired) electrons. The van der Waals surface area contributed by atoms with Gasteiger partial charge >= 0.3 is 5.97 Å². The van der Waals surface area contributed by atoms with Crippen LogP contribution in [0.2, 0.25) is 0 Å². The van der Waals surface area contributed by atoms with Gasteiger partial charge in [0.1, 0.15) is 0 Å². The lowest BCUT2D eigenvalue weighted by molar-refractivity contribution is -0.142. The SMILES string of the molecule is Cc1nc(-c2cccs2)c(CC(=O)N[C@@H]2CCC[C@@H]2C(=O)O)s1. The first-order valence-electron chi connectivity index (χ1n) is 7.57. The predicted molar refractivity (Wildman–Crippen MR) is 90.8 cm³/mol. The summed E-state index contributed by atoms with van der Waals surface area (Å²) >= 11 is 3.13. The molecule has 2 aromatic rings. The number of thiazole rings is 1. The summed E-state index contributed by atoms with van der Waals surface area (Å²) in [5.74, 6) is -1.40. The maximum absolute atomic E-state index is 12.3. The predicted octanol–water partition coefficient (Wildman–Crippen LogP) is 3.09. The number of carbonyl (C=O) groups excluding carboxylic acids is 1. The molecule has 1 aliphatic carbocycles. The van der Waals surface area contributed by atoms with Crippen molar-refractivity contribution in [3.8, 4) is 10.6 Å². The molecular formula is C16H18N2O3S2. The number of aromatic nitrogens is 1. The Kier molecular flexibility index (Phi) is 4.77. The molecule has 3 rings (SSSR count). The van der Waals surface area contributed by atoms with Gasteiger partial charge in [-0.1, -0.05) is 12.5 Å². The molecule has 2 aromatic heterocycles. The molecule has 0 bridgehead atoms. The molecule has 2 N–H and O–H groups in total. The van der Waals surface area contributed by atoms with Gasteiger partial charge in [-0.25, -0.2) is 4.98 Å². The van der Waals surface area contributed by atoms with Crippen molar-refractivity contribution in [2.24, 2.45) is 5.92 Å². The monoisotopic (exact) mass is 350 g/mol. The topological polar surface area (TPSA) is 79.3 Å². The van der Waals surface area contributed by atoms with Crippen LogP contribution in [0.15, 0.2) is 17.5 Å². The highest BCUT2D eigenvalue weighted by atomic mass is 32.1. The van der Waals surface area contributed by atoms with Gasteiger partial charge in [0.2, 0.25) is 5.91 Å². The zero-order valence-electron chi connectivity index (χ0n) is 12.7. The maximum Gasteiger partial charge on any atom is 0.308 e. The van der Waals surface area contributed by atoms with Gasteiger partial charge in [-0.15, -0.1) is 22.7 Å². The van der Waals surface area contributed by atoms with Gasteiger partial charge in [0.15, 0.2) is 0 Å². The van der Waals surface area contributed by atoms with Crippen LogP contribution in [-0.4, -0.2) is 28.0 Å². The molecule has 1 saturated carbocycles. The lowest BCUT2D eigenvalue weighted by Crippen LogP contribution is -2.40. The first-order valence-corrected chi connectivity index (χ1v) is 9.26. The molecule has 7 heteroatoms. The Balaban J connectivity index is 1.70. The number of carboxylic acid groups (broad SMARTS) is 1. The third kappa shape index (κ3) is 3.61. The summed E-state index contributed by atoms with van der Waals surface area (Å²) in [6.45, 7) is 1.93. The molecule has 0 saturated heterocycles. The number of thiophene rings is 1. The second-order valence-corrected chi connectivity index (χ2v) is 7.94. The molecule has 5 nitrogen and oxygen atoms in total. The second kappa shape index (κ2) is 6.80. The van der Waals surface area contributed by atoms with Crippen LogP contribution in [-0.2, 0) is 16.0 Å². The number of hydrogen-bond donors (Lipinski definition) is 2. The zero-order chi connectivity index (χ0) is 16.4. The van der Waals surface area contributed by atoms with E-state index in [1.54, 1.807) is 11.3 Å². The largest absolute Gasteiger partial charge is 0.481 e. The van der Waals surface area contributed by atoms with Gasteiger partial charge in [-0.2, -0.15) is 0 Å². The van der Waals surface area contributed by atoms with E-state index < -0.39 is 11.9 Å². The third-order valence-electron chi connectivity index (χ3n) is 4.06. The number of hydrogen-bond acceptors (Lipinski definition) is 5. The van der Waals surface area contributed by atoms with Crippen molar-refractivity contribution in [3.63, 3.8) is 0 Å². The third-order valence-corrected chi connectivity index (χ3v) is 5.91. The fourth-order valence-corrected chi connectivity index (χ4v) is 4.78. The van der Waals surface area contributed by atoms with E-state index in [9.17, 15) is 14.7 Å². The van der Waals surface area contributed by atoms with Crippen LogP contribution in [0, 0.1) is 12.8 Å². The van der Waals surface area contributed by atoms with Crippen LogP contribution >= 0.6 is 22.7 Å². The number of nitrogens with one attached hydrogen (secondary N) is 1. The summed E-state index contributed by atoms with van der Waals surface area (Å²) in [6.07, 6.45) is 2.48. The number of aliphatic carboxylic acids is 1. The zero-order valence-corrected chi connectivity index (χ0v) is 14.4. The average molecular weight is 350 g/mol. The smallest absolute Gasteiger partial charge is 0.308 e. The molecule has 0 spiro atoms. The van der Waals surface area contributed by atoms with E-state index in [0.717, 1.165) is 33.3 Å². The van der Waals surface area contributed by atoms with E-state index in [1.165, 1.54) is 11.3 Å². The number of carboxylic acids is 1. The molecule has 2 heterocycles. The molecular weight excluding hydrogens is 332 g/mol. The number of aryl methyl sites for hydroxylation is 1. The van der Waals surface area contributed by atoms with Crippen LogP contribution in [0.4, 0.5) is 0 Å². The highest BCUT2D eigenvalue weighted by Crippen LogP contribution is 2.32. The van der Waals surface area contributed by atoms with Crippen LogP contribution < -0.4 is 5.32 Å². The molecule has 1 amide bonds. The first kappa shape index (κ1) is 16.1. The summed E-state index contributed by atoms with van der Waals surface area (Å²) in [5, 5.41) is 15.0.